The monoisotopic (exact) mass is 248 g/mol. The fourth-order valence-corrected chi connectivity index (χ4v) is 1.73. The van der Waals surface area contributed by atoms with Crippen molar-refractivity contribution in [1.29, 1.82) is 0 Å². The third-order valence-electron chi connectivity index (χ3n) is 2.62. The van der Waals surface area contributed by atoms with Crippen LogP contribution in [0, 0.1) is 0 Å². The molecule has 0 saturated heterocycles. The molecular weight excluding hydrogens is 236 g/mol. The van der Waals surface area contributed by atoms with Crippen LogP contribution >= 0.6 is 0 Å². The number of rotatable bonds is 3. The highest BCUT2D eigenvalue weighted by molar-refractivity contribution is 5.60. The van der Waals surface area contributed by atoms with Gasteiger partial charge in [-0.15, -0.1) is 0 Å². The molecule has 2 aromatic heterocycles. The lowest BCUT2D eigenvalue weighted by atomic mass is 10.2. The van der Waals surface area contributed by atoms with Crippen molar-refractivity contribution >= 4 is 11.5 Å². The first-order valence-corrected chi connectivity index (χ1v) is 5.97. The molecule has 0 spiro atoms. The van der Waals surface area contributed by atoms with Gasteiger partial charge >= 0.3 is 0 Å². The van der Waals surface area contributed by atoms with Crippen LogP contribution in [0.25, 0.3) is 11.4 Å². The molecule has 0 aliphatic heterocycles. The van der Waals surface area contributed by atoms with E-state index in [4.69, 9.17) is 0 Å². The third-order valence-corrected chi connectivity index (χ3v) is 2.62. The van der Waals surface area contributed by atoms with E-state index in [9.17, 15) is 0 Å². The van der Waals surface area contributed by atoms with Crippen LogP contribution in [0.5, 0.6) is 0 Å². The van der Waals surface area contributed by atoms with Crippen molar-refractivity contribution in [3.8, 4) is 11.4 Å². The van der Waals surface area contributed by atoms with Crippen molar-refractivity contribution in [2.24, 2.45) is 0 Å². The number of nitrogens with zero attached hydrogens (tertiary/aromatic N) is 3. The Labute approximate surface area is 111 Å². The molecule has 3 aromatic rings. The molecule has 0 amide bonds. The van der Waals surface area contributed by atoms with E-state index >= 15 is 0 Å². The van der Waals surface area contributed by atoms with Crippen molar-refractivity contribution in [2.45, 2.75) is 0 Å². The van der Waals surface area contributed by atoms with Gasteiger partial charge in [0, 0.05) is 29.8 Å². The molecule has 0 unspecified atom stereocenters. The van der Waals surface area contributed by atoms with Crippen LogP contribution in [0.3, 0.4) is 0 Å². The molecular formula is C15H12N4. The second kappa shape index (κ2) is 5.27. The minimum Gasteiger partial charge on any atom is -0.340 e. The summed E-state index contributed by atoms with van der Waals surface area (Å²) < 4.78 is 0. The van der Waals surface area contributed by atoms with Gasteiger partial charge in [-0.3, -0.25) is 4.98 Å². The average molecular weight is 248 g/mol. The van der Waals surface area contributed by atoms with Crippen molar-refractivity contribution in [3.63, 3.8) is 0 Å². The maximum absolute atomic E-state index is 4.48. The topological polar surface area (TPSA) is 50.7 Å². The Kier molecular flexibility index (Phi) is 3.14. The molecule has 4 nitrogen and oxygen atoms in total. The molecule has 0 bridgehead atoms. The lowest BCUT2D eigenvalue weighted by Gasteiger charge is -2.06. The van der Waals surface area contributed by atoms with Crippen LogP contribution in [-0.2, 0) is 0 Å². The summed E-state index contributed by atoms with van der Waals surface area (Å²) in [5, 5.41) is 3.24. The van der Waals surface area contributed by atoms with Crippen molar-refractivity contribution < 1.29 is 0 Å². The molecule has 0 radical (unpaired) electrons. The van der Waals surface area contributed by atoms with E-state index in [0.29, 0.717) is 5.82 Å². The molecule has 92 valence electrons. The van der Waals surface area contributed by atoms with Gasteiger partial charge in [0.1, 0.15) is 5.82 Å². The highest BCUT2D eigenvalue weighted by Crippen LogP contribution is 2.17. The van der Waals surface area contributed by atoms with Crippen molar-refractivity contribution in [3.05, 3.63) is 67.1 Å². The largest absolute Gasteiger partial charge is 0.340 e. The smallest absolute Gasteiger partial charge is 0.163 e. The first-order chi connectivity index (χ1) is 9.42. The van der Waals surface area contributed by atoms with Crippen LogP contribution in [0.4, 0.5) is 11.5 Å². The molecule has 0 fully saturated rings. The Balaban J connectivity index is 1.89. The van der Waals surface area contributed by atoms with Crippen LogP contribution in [0.1, 0.15) is 0 Å². The maximum atomic E-state index is 4.48. The van der Waals surface area contributed by atoms with Gasteiger partial charge in [-0.05, 0) is 30.3 Å². The lowest BCUT2D eigenvalue weighted by molar-refractivity contribution is 1.16. The highest BCUT2D eigenvalue weighted by Gasteiger charge is 2.02. The van der Waals surface area contributed by atoms with E-state index in [1.807, 2.05) is 48.5 Å². The summed E-state index contributed by atoms with van der Waals surface area (Å²) in [7, 11) is 0. The van der Waals surface area contributed by atoms with E-state index < -0.39 is 0 Å². The Morgan fingerprint density at radius 1 is 0.842 bits per heavy atom. The molecule has 0 aliphatic rings. The van der Waals surface area contributed by atoms with E-state index in [1.165, 1.54) is 0 Å². The van der Waals surface area contributed by atoms with E-state index in [-0.39, 0.29) is 0 Å². The van der Waals surface area contributed by atoms with E-state index in [1.54, 1.807) is 18.6 Å². The molecule has 1 aromatic carbocycles. The van der Waals surface area contributed by atoms with Gasteiger partial charge < -0.3 is 5.32 Å². The van der Waals surface area contributed by atoms with Crippen molar-refractivity contribution in [1.82, 2.24) is 15.0 Å². The average Bonchev–Trinajstić information content (AvgIpc) is 2.49. The summed E-state index contributed by atoms with van der Waals surface area (Å²) in [5.74, 6) is 1.43. The SMILES string of the molecule is c1ccc(Nc2ccnc(-c3cccnc3)n2)cc1. The molecule has 0 atom stereocenters. The number of hydrogen-bond donors (Lipinski definition) is 1. The van der Waals surface area contributed by atoms with E-state index in [0.717, 1.165) is 17.1 Å². The normalized spacial score (nSPS) is 10.1. The summed E-state index contributed by atoms with van der Waals surface area (Å²) in [6.07, 6.45) is 5.22. The van der Waals surface area contributed by atoms with Gasteiger partial charge in [0.25, 0.3) is 0 Å². The van der Waals surface area contributed by atoms with Crippen LogP contribution in [0.15, 0.2) is 67.1 Å². The van der Waals surface area contributed by atoms with Gasteiger partial charge in [-0.2, -0.15) is 0 Å². The predicted molar refractivity (Wildman–Crippen MR) is 75.0 cm³/mol. The summed E-state index contributed by atoms with van der Waals surface area (Å²) in [5.41, 5.74) is 1.90. The molecule has 4 heteroatoms. The third kappa shape index (κ3) is 2.74. The predicted octanol–water partition coefficient (Wildman–Crippen LogP) is 3.28. The van der Waals surface area contributed by atoms with Crippen molar-refractivity contribution in [2.75, 3.05) is 5.32 Å². The van der Waals surface area contributed by atoms with E-state index in [2.05, 4.69) is 20.3 Å². The molecule has 0 aliphatic carbocycles. The Hall–Kier alpha value is -2.75. The first-order valence-electron chi connectivity index (χ1n) is 5.97. The minimum atomic E-state index is 0.661. The quantitative estimate of drug-likeness (QED) is 0.772. The zero-order valence-corrected chi connectivity index (χ0v) is 10.2. The number of hydrogen-bond acceptors (Lipinski definition) is 4. The number of para-hydroxylation sites is 1. The fraction of sp³-hybridized carbons (Fsp3) is 0. The summed E-state index contributed by atoms with van der Waals surface area (Å²) in [6, 6.07) is 15.6. The summed E-state index contributed by atoms with van der Waals surface area (Å²) >= 11 is 0. The molecule has 0 saturated carbocycles. The molecule has 2 heterocycles. The standard InChI is InChI=1S/C15H12N4/c1-2-6-13(7-3-1)18-14-8-10-17-15(19-14)12-5-4-9-16-11-12/h1-11H,(H,17,18,19). The number of anilines is 2. The van der Waals surface area contributed by atoms with Gasteiger partial charge in [0.2, 0.25) is 0 Å². The van der Waals surface area contributed by atoms with Crippen LogP contribution in [0.2, 0.25) is 0 Å². The molecule has 3 rings (SSSR count). The Morgan fingerprint density at radius 2 is 1.74 bits per heavy atom. The second-order valence-electron chi connectivity index (χ2n) is 4.00. The Bertz CT molecular complexity index is 653. The summed E-state index contributed by atoms with van der Waals surface area (Å²) in [6.45, 7) is 0. The van der Waals surface area contributed by atoms with Crippen LogP contribution < -0.4 is 5.32 Å². The first kappa shape index (κ1) is 11.3. The number of benzene rings is 1. The highest BCUT2D eigenvalue weighted by atomic mass is 15.0. The van der Waals surface area contributed by atoms with Gasteiger partial charge in [0.15, 0.2) is 5.82 Å². The minimum absolute atomic E-state index is 0.661. The zero-order valence-electron chi connectivity index (χ0n) is 10.2. The number of aromatic nitrogens is 3. The zero-order chi connectivity index (χ0) is 12.9. The lowest BCUT2D eigenvalue weighted by Crippen LogP contribution is -1.96. The van der Waals surface area contributed by atoms with Gasteiger partial charge in [-0.25, -0.2) is 9.97 Å². The van der Waals surface area contributed by atoms with Gasteiger partial charge in [0.05, 0.1) is 0 Å². The molecule has 1 N–H and O–H groups in total. The van der Waals surface area contributed by atoms with Gasteiger partial charge in [-0.1, -0.05) is 18.2 Å². The van der Waals surface area contributed by atoms with Crippen LogP contribution in [-0.4, -0.2) is 15.0 Å². The number of pyridine rings is 1. The maximum Gasteiger partial charge on any atom is 0.163 e. The summed E-state index contributed by atoms with van der Waals surface area (Å²) in [4.78, 5) is 12.8. The Morgan fingerprint density at radius 3 is 2.53 bits per heavy atom. The molecule has 19 heavy (non-hydrogen) atoms. The fourth-order valence-electron chi connectivity index (χ4n) is 1.73. The number of nitrogens with one attached hydrogen (secondary N) is 1. The second-order valence-corrected chi connectivity index (χ2v) is 4.00.